The van der Waals surface area contributed by atoms with E-state index < -0.39 is 18.1 Å². The maximum atomic E-state index is 13.5. The van der Waals surface area contributed by atoms with Crippen molar-refractivity contribution >= 4 is 34.1 Å². The summed E-state index contributed by atoms with van der Waals surface area (Å²) < 4.78 is 33.9. The van der Waals surface area contributed by atoms with Crippen LogP contribution >= 0.6 is 11.6 Å². The smallest absolute Gasteiger partial charge is 0.272 e. The summed E-state index contributed by atoms with van der Waals surface area (Å²) in [4.78, 5) is 11.4. The second-order valence-electron chi connectivity index (χ2n) is 10.5. The van der Waals surface area contributed by atoms with Crippen LogP contribution in [0, 0.1) is 6.92 Å². The number of fused-ring (bicyclic) bond motifs is 1. The first-order valence-corrected chi connectivity index (χ1v) is 12.7. The van der Waals surface area contributed by atoms with Gasteiger partial charge < -0.3 is 15.2 Å². The van der Waals surface area contributed by atoms with Gasteiger partial charge in [-0.1, -0.05) is 11.6 Å². The van der Waals surface area contributed by atoms with Crippen LogP contribution in [-0.2, 0) is 4.74 Å². The molecule has 0 amide bonds. The van der Waals surface area contributed by atoms with Crippen LogP contribution in [0.5, 0.6) is 0 Å². The van der Waals surface area contributed by atoms with Crippen LogP contribution in [0.25, 0.3) is 10.9 Å². The molecular formula is C25H29ClF2N6O2. The van der Waals surface area contributed by atoms with E-state index in [0.717, 1.165) is 42.4 Å². The van der Waals surface area contributed by atoms with E-state index in [1.807, 2.05) is 12.1 Å². The largest absolute Gasteiger partial charge is 0.389 e. The molecule has 1 aromatic carbocycles. The number of alkyl halides is 2. The molecule has 0 spiro atoms. The molecule has 0 bridgehead atoms. The van der Waals surface area contributed by atoms with Gasteiger partial charge in [-0.3, -0.25) is 9.58 Å². The van der Waals surface area contributed by atoms with Crippen molar-refractivity contribution in [3.63, 3.8) is 0 Å². The summed E-state index contributed by atoms with van der Waals surface area (Å²) >= 11 is 6.69. The maximum absolute atomic E-state index is 13.5. The fourth-order valence-corrected chi connectivity index (χ4v) is 5.87. The maximum Gasteiger partial charge on any atom is 0.272 e. The van der Waals surface area contributed by atoms with Crippen LogP contribution in [0.2, 0.25) is 5.02 Å². The fourth-order valence-electron chi connectivity index (χ4n) is 5.54. The third-order valence-electron chi connectivity index (χ3n) is 8.12. The van der Waals surface area contributed by atoms with Crippen molar-refractivity contribution in [3.05, 3.63) is 40.8 Å². The summed E-state index contributed by atoms with van der Waals surface area (Å²) in [5, 5.41) is 19.2. The molecule has 2 aromatic heterocycles. The monoisotopic (exact) mass is 518 g/mol. The fraction of sp³-hybridized carbons (Fsp3) is 0.560. The third kappa shape index (κ3) is 4.04. The van der Waals surface area contributed by atoms with Crippen molar-refractivity contribution < 1.29 is 18.6 Å². The van der Waals surface area contributed by atoms with E-state index in [-0.39, 0.29) is 17.9 Å². The molecule has 4 heterocycles. The number of hydrogen-bond acceptors (Lipinski definition) is 7. The number of aliphatic hydroxyl groups excluding tert-OH is 1. The molecule has 11 heteroatoms. The second kappa shape index (κ2) is 8.58. The number of aliphatic hydroxyl groups is 1. The number of hydrogen-bond donors (Lipinski definition) is 2. The molecule has 2 N–H and O–H groups in total. The molecule has 2 unspecified atom stereocenters. The highest BCUT2D eigenvalue weighted by atomic mass is 35.5. The van der Waals surface area contributed by atoms with Crippen molar-refractivity contribution in [1.82, 2.24) is 24.6 Å². The molecule has 3 atom stereocenters. The van der Waals surface area contributed by atoms with Gasteiger partial charge in [0.15, 0.2) is 0 Å². The summed E-state index contributed by atoms with van der Waals surface area (Å²) in [6.07, 6.45) is 4.43. The van der Waals surface area contributed by atoms with E-state index in [9.17, 15) is 13.9 Å². The number of aromatic nitrogens is 4. The van der Waals surface area contributed by atoms with Gasteiger partial charge in [0.05, 0.1) is 48.0 Å². The van der Waals surface area contributed by atoms with Gasteiger partial charge in [0.25, 0.3) is 5.92 Å². The Kier molecular flexibility index (Phi) is 5.71. The zero-order valence-electron chi connectivity index (χ0n) is 20.2. The quantitative estimate of drug-likeness (QED) is 0.516. The van der Waals surface area contributed by atoms with Gasteiger partial charge in [-0.25, -0.2) is 18.7 Å². The van der Waals surface area contributed by atoms with Crippen LogP contribution in [0.3, 0.4) is 0 Å². The summed E-state index contributed by atoms with van der Waals surface area (Å²) in [7, 11) is 0. The average Bonchev–Trinajstić information content (AvgIpc) is 3.13. The normalized spacial score (nSPS) is 28.6. The molecule has 1 aliphatic carbocycles. The van der Waals surface area contributed by atoms with Crippen LogP contribution in [-0.4, -0.2) is 73.6 Å². The number of halogens is 3. The number of anilines is 2. The molecule has 192 valence electrons. The highest BCUT2D eigenvalue weighted by Crippen LogP contribution is 2.53. The van der Waals surface area contributed by atoms with Gasteiger partial charge in [-0.05, 0) is 63.4 Å². The molecule has 1 saturated carbocycles. The van der Waals surface area contributed by atoms with E-state index in [4.69, 9.17) is 16.3 Å². The Balaban J connectivity index is 1.20. The lowest BCUT2D eigenvalue weighted by Crippen LogP contribution is -2.56. The van der Waals surface area contributed by atoms with E-state index in [2.05, 4.69) is 32.2 Å². The zero-order valence-corrected chi connectivity index (χ0v) is 21.0. The van der Waals surface area contributed by atoms with Crippen molar-refractivity contribution in [2.24, 2.45) is 0 Å². The summed E-state index contributed by atoms with van der Waals surface area (Å²) in [6, 6.07) is 3.05. The Bertz CT molecular complexity index is 1310. The Hall–Kier alpha value is -2.40. The number of ether oxygens (including phenoxy) is 1. The highest BCUT2D eigenvalue weighted by molar-refractivity contribution is 6.32. The van der Waals surface area contributed by atoms with E-state index in [0.29, 0.717) is 35.6 Å². The minimum atomic E-state index is -2.69. The lowest BCUT2D eigenvalue weighted by atomic mass is 9.85. The lowest BCUT2D eigenvalue weighted by Gasteiger charge is -2.43. The first kappa shape index (κ1) is 24.0. The zero-order chi connectivity index (χ0) is 25.2. The number of nitrogens with one attached hydrogen (secondary N) is 1. The number of rotatable bonds is 5. The van der Waals surface area contributed by atoms with Gasteiger partial charge in [-0.15, -0.1) is 0 Å². The van der Waals surface area contributed by atoms with E-state index >= 15 is 0 Å². The van der Waals surface area contributed by atoms with Gasteiger partial charge in [0.2, 0.25) is 5.95 Å². The molecule has 3 aliphatic rings. The first-order chi connectivity index (χ1) is 17.2. The molecule has 2 saturated heterocycles. The van der Waals surface area contributed by atoms with Crippen molar-refractivity contribution in [2.75, 3.05) is 31.6 Å². The summed E-state index contributed by atoms with van der Waals surface area (Å²) in [6.45, 7) is 6.47. The molecular weight excluding hydrogens is 490 g/mol. The van der Waals surface area contributed by atoms with Gasteiger partial charge in [-0.2, -0.15) is 5.10 Å². The van der Waals surface area contributed by atoms with Gasteiger partial charge in [0.1, 0.15) is 6.04 Å². The SMILES string of the molecule is Cc1c(Nc2ncc3cc(Cl)c(C4CCN([C@]5(C)COCC5O)CC4)cc3n2)cnn1C1CC1(F)F. The minimum absolute atomic E-state index is 0.183. The van der Waals surface area contributed by atoms with Crippen LogP contribution in [0.4, 0.5) is 20.4 Å². The Labute approximate surface area is 212 Å². The van der Waals surface area contributed by atoms with Crippen LogP contribution < -0.4 is 5.32 Å². The van der Waals surface area contributed by atoms with Crippen molar-refractivity contribution in [1.29, 1.82) is 0 Å². The molecule has 3 fully saturated rings. The van der Waals surface area contributed by atoms with Gasteiger partial charge in [0, 0.05) is 23.0 Å². The van der Waals surface area contributed by atoms with Crippen molar-refractivity contribution in [3.8, 4) is 0 Å². The van der Waals surface area contributed by atoms with Crippen LogP contribution in [0.1, 0.15) is 49.4 Å². The minimum Gasteiger partial charge on any atom is -0.389 e. The molecule has 6 rings (SSSR count). The van der Waals surface area contributed by atoms with Crippen molar-refractivity contribution in [2.45, 2.75) is 62.6 Å². The Morgan fingerprint density at radius 3 is 2.64 bits per heavy atom. The second-order valence-corrected chi connectivity index (χ2v) is 10.9. The van der Waals surface area contributed by atoms with E-state index in [1.165, 1.54) is 10.9 Å². The number of nitrogens with zero attached hydrogens (tertiary/aromatic N) is 5. The predicted octanol–water partition coefficient (Wildman–Crippen LogP) is 4.44. The summed E-state index contributed by atoms with van der Waals surface area (Å²) in [5.74, 6) is -2.03. The molecule has 0 radical (unpaired) electrons. The first-order valence-electron chi connectivity index (χ1n) is 12.3. The Morgan fingerprint density at radius 2 is 1.97 bits per heavy atom. The molecule has 2 aliphatic heterocycles. The highest BCUT2D eigenvalue weighted by Gasteiger charge is 2.59. The predicted molar refractivity (Wildman–Crippen MR) is 132 cm³/mol. The average molecular weight is 519 g/mol. The van der Waals surface area contributed by atoms with Gasteiger partial charge >= 0.3 is 0 Å². The number of likely N-dealkylation sites (tertiary alicyclic amines) is 1. The third-order valence-corrected chi connectivity index (χ3v) is 8.45. The van der Waals surface area contributed by atoms with Crippen LogP contribution in [0.15, 0.2) is 24.5 Å². The van der Waals surface area contributed by atoms with E-state index in [1.54, 1.807) is 13.1 Å². The molecule has 36 heavy (non-hydrogen) atoms. The topological polar surface area (TPSA) is 88.3 Å². The number of benzene rings is 1. The molecule has 3 aromatic rings. The summed E-state index contributed by atoms with van der Waals surface area (Å²) in [5.41, 5.74) is 2.70. The molecule has 8 nitrogen and oxygen atoms in total. The number of piperidine rings is 1. The lowest BCUT2D eigenvalue weighted by molar-refractivity contribution is -0.00211. The standard InChI is InChI=1S/C25H29ClF2N6O2/c1-14-20(11-30-34(14)21-9-25(21,27)28)32-23-29-10-16-7-18(26)17(8-19(16)31-23)15-3-5-33(6-4-15)24(2)13-36-12-22(24)35/h7-8,10-11,15,21-22,35H,3-6,9,12-13H2,1-2H3,(H,29,31,32)/t21?,22?,24-/m1/s1. The Morgan fingerprint density at radius 1 is 1.22 bits per heavy atom.